The highest BCUT2D eigenvalue weighted by atomic mass is 16.5. The molecule has 1 aromatic heterocycles. The summed E-state index contributed by atoms with van der Waals surface area (Å²) in [5, 5.41) is 7.85. The second-order valence-electron chi connectivity index (χ2n) is 4.65. The molecule has 2 rings (SSSR count). The van der Waals surface area contributed by atoms with Crippen LogP contribution in [0.5, 0.6) is 0 Å². The van der Waals surface area contributed by atoms with Gasteiger partial charge < -0.3 is 10.1 Å². The van der Waals surface area contributed by atoms with Crippen LogP contribution in [0.1, 0.15) is 30.3 Å². The maximum atomic E-state index is 12.1. The highest BCUT2D eigenvalue weighted by Gasteiger charge is 2.15. The lowest BCUT2D eigenvalue weighted by Crippen LogP contribution is -2.25. The molecule has 0 spiro atoms. The molecule has 0 saturated carbocycles. The van der Waals surface area contributed by atoms with E-state index in [2.05, 4.69) is 10.4 Å². The number of carbonyl (C=O) groups is 2. The molecular weight excluding hydrogens is 270 g/mol. The SMILES string of the molecule is CCOC(=O)CCCNC(=O)c1nn(C)c2ccccc12. The number of nitrogens with one attached hydrogen (secondary N) is 1. The zero-order chi connectivity index (χ0) is 15.2. The number of aryl methyl sites for hydroxylation is 1. The van der Waals surface area contributed by atoms with E-state index >= 15 is 0 Å². The first kappa shape index (κ1) is 15.0. The van der Waals surface area contributed by atoms with Gasteiger partial charge in [0, 0.05) is 25.4 Å². The van der Waals surface area contributed by atoms with E-state index in [1.54, 1.807) is 18.7 Å². The van der Waals surface area contributed by atoms with Crippen molar-refractivity contribution in [3.8, 4) is 0 Å². The lowest BCUT2D eigenvalue weighted by Gasteiger charge is -2.03. The normalized spacial score (nSPS) is 10.6. The third-order valence-corrected chi connectivity index (χ3v) is 3.12. The van der Waals surface area contributed by atoms with Crippen LogP contribution in [0.3, 0.4) is 0 Å². The quantitative estimate of drug-likeness (QED) is 0.648. The standard InChI is InChI=1S/C15H19N3O3/c1-3-21-13(19)9-6-10-16-15(20)14-11-7-4-5-8-12(11)18(2)17-14/h4-5,7-8H,3,6,9-10H2,1-2H3,(H,16,20). The molecule has 0 atom stereocenters. The van der Waals surface area contributed by atoms with Gasteiger partial charge in [-0.25, -0.2) is 0 Å². The van der Waals surface area contributed by atoms with Gasteiger partial charge in [0.05, 0.1) is 12.1 Å². The van der Waals surface area contributed by atoms with Gasteiger partial charge in [-0.1, -0.05) is 18.2 Å². The van der Waals surface area contributed by atoms with Gasteiger partial charge in [-0.15, -0.1) is 0 Å². The number of aromatic nitrogens is 2. The summed E-state index contributed by atoms with van der Waals surface area (Å²) in [7, 11) is 1.81. The minimum absolute atomic E-state index is 0.226. The Labute approximate surface area is 123 Å². The van der Waals surface area contributed by atoms with Crippen LogP contribution in [-0.4, -0.2) is 34.8 Å². The number of esters is 1. The van der Waals surface area contributed by atoms with Gasteiger partial charge in [0.2, 0.25) is 0 Å². The second kappa shape index (κ2) is 6.88. The Morgan fingerprint density at radius 1 is 1.33 bits per heavy atom. The van der Waals surface area contributed by atoms with Crippen LogP contribution in [0.25, 0.3) is 10.9 Å². The molecule has 1 heterocycles. The number of carbonyl (C=O) groups excluding carboxylic acids is 2. The van der Waals surface area contributed by atoms with Gasteiger partial charge in [0.25, 0.3) is 5.91 Å². The average molecular weight is 289 g/mol. The van der Waals surface area contributed by atoms with Crippen LogP contribution >= 0.6 is 0 Å². The highest BCUT2D eigenvalue weighted by molar-refractivity contribution is 6.04. The molecule has 0 aliphatic heterocycles. The lowest BCUT2D eigenvalue weighted by atomic mass is 10.2. The van der Waals surface area contributed by atoms with Crippen molar-refractivity contribution in [1.29, 1.82) is 0 Å². The molecule has 0 aliphatic carbocycles. The molecule has 1 aromatic carbocycles. The summed E-state index contributed by atoms with van der Waals surface area (Å²) in [4.78, 5) is 23.3. The molecule has 0 unspecified atom stereocenters. The van der Waals surface area contributed by atoms with Crippen molar-refractivity contribution in [3.05, 3.63) is 30.0 Å². The smallest absolute Gasteiger partial charge is 0.305 e. The minimum Gasteiger partial charge on any atom is -0.466 e. The van der Waals surface area contributed by atoms with Crippen molar-refractivity contribution in [2.45, 2.75) is 19.8 Å². The Morgan fingerprint density at radius 3 is 2.86 bits per heavy atom. The van der Waals surface area contributed by atoms with Crippen LogP contribution in [0.2, 0.25) is 0 Å². The Bertz CT molecular complexity index is 649. The molecule has 6 heteroatoms. The molecule has 0 fully saturated rings. The molecule has 1 amide bonds. The molecule has 2 aromatic rings. The molecule has 6 nitrogen and oxygen atoms in total. The number of hydrogen-bond donors (Lipinski definition) is 1. The van der Waals surface area contributed by atoms with E-state index in [1.165, 1.54) is 0 Å². The second-order valence-corrected chi connectivity index (χ2v) is 4.65. The molecular formula is C15H19N3O3. The molecule has 0 saturated heterocycles. The van der Waals surface area contributed by atoms with Crippen LogP contribution in [0.15, 0.2) is 24.3 Å². The Kier molecular flexibility index (Phi) is 4.92. The van der Waals surface area contributed by atoms with Gasteiger partial charge in [-0.05, 0) is 19.4 Å². The van der Waals surface area contributed by atoms with E-state index in [0.717, 1.165) is 10.9 Å². The largest absolute Gasteiger partial charge is 0.466 e. The van der Waals surface area contributed by atoms with Gasteiger partial charge in [-0.3, -0.25) is 14.3 Å². The van der Waals surface area contributed by atoms with Crippen LogP contribution in [0, 0.1) is 0 Å². The first-order valence-corrected chi connectivity index (χ1v) is 6.99. The topological polar surface area (TPSA) is 73.2 Å². The molecule has 21 heavy (non-hydrogen) atoms. The van der Waals surface area contributed by atoms with E-state index in [1.807, 2.05) is 24.3 Å². The van der Waals surface area contributed by atoms with Crippen molar-refractivity contribution in [2.24, 2.45) is 7.05 Å². The monoisotopic (exact) mass is 289 g/mol. The third-order valence-electron chi connectivity index (χ3n) is 3.12. The zero-order valence-corrected chi connectivity index (χ0v) is 12.3. The van der Waals surface area contributed by atoms with Crippen LogP contribution in [-0.2, 0) is 16.6 Å². The van der Waals surface area contributed by atoms with E-state index in [4.69, 9.17) is 4.74 Å². The Hall–Kier alpha value is -2.37. The number of amides is 1. The lowest BCUT2D eigenvalue weighted by molar-refractivity contribution is -0.143. The summed E-state index contributed by atoms with van der Waals surface area (Å²) in [5.74, 6) is -0.467. The number of rotatable bonds is 6. The summed E-state index contributed by atoms with van der Waals surface area (Å²) in [6.07, 6.45) is 0.854. The molecule has 112 valence electrons. The van der Waals surface area contributed by atoms with Crippen molar-refractivity contribution < 1.29 is 14.3 Å². The fourth-order valence-electron chi connectivity index (χ4n) is 2.13. The summed E-state index contributed by atoms with van der Waals surface area (Å²) >= 11 is 0. The van der Waals surface area contributed by atoms with Crippen LogP contribution < -0.4 is 5.32 Å². The first-order valence-electron chi connectivity index (χ1n) is 6.99. The van der Waals surface area contributed by atoms with E-state index in [0.29, 0.717) is 31.7 Å². The van der Waals surface area contributed by atoms with Crippen LogP contribution in [0.4, 0.5) is 0 Å². The summed E-state index contributed by atoms with van der Waals surface area (Å²) in [5.41, 5.74) is 1.32. The molecule has 0 radical (unpaired) electrons. The fourth-order valence-corrected chi connectivity index (χ4v) is 2.13. The number of para-hydroxylation sites is 1. The molecule has 1 N–H and O–H groups in total. The van der Waals surface area contributed by atoms with Crippen molar-refractivity contribution in [2.75, 3.05) is 13.2 Å². The maximum absolute atomic E-state index is 12.1. The minimum atomic E-state index is -0.241. The number of nitrogens with zero attached hydrogens (tertiary/aromatic N) is 2. The Balaban J connectivity index is 1.92. The van der Waals surface area contributed by atoms with E-state index in [9.17, 15) is 9.59 Å². The predicted molar refractivity (Wildman–Crippen MR) is 78.9 cm³/mol. The summed E-state index contributed by atoms with van der Waals surface area (Å²) < 4.78 is 6.51. The Morgan fingerprint density at radius 2 is 2.10 bits per heavy atom. The predicted octanol–water partition coefficient (Wildman–Crippen LogP) is 1.65. The van der Waals surface area contributed by atoms with Crippen molar-refractivity contribution in [1.82, 2.24) is 15.1 Å². The van der Waals surface area contributed by atoms with E-state index < -0.39 is 0 Å². The number of fused-ring (bicyclic) bond motifs is 1. The van der Waals surface area contributed by atoms with Gasteiger partial charge in [0.1, 0.15) is 0 Å². The number of benzene rings is 1. The van der Waals surface area contributed by atoms with Gasteiger partial charge in [0.15, 0.2) is 5.69 Å². The maximum Gasteiger partial charge on any atom is 0.305 e. The number of ether oxygens (including phenoxy) is 1. The zero-order valence-electron chi connectivity index (χ0n) is 12.3. The summed E-state index contributed by atoms with van der Waals surface area (Å²) in [6, 6.07) is 7.57. The number of hydrogen-bond acceptors (Lipinski definition) is 4. The van der Waals surface area contributed by atoms with Crippen molar-refractivity contribution in [3.63, 3.8) is 0 Å². The molecule has 0 aliphatic rings. The first-order chi connectivity index (χ1) is 10.1. The molecule has 0 bridgehead atoms. The van der Waals surface area contributed by atoms with Gasteiger partial charge >= 0.3 is 5.97 Å². The van der Waals surface area contributed by atoms with Crippen molar-refractivity contribution >= 4 is 22.8 Å². The van der Waals surface area contributed by atoms with E-state index in [-0.39, 0.29) is 11.9 Å². The average Bonchev–Trinajstić information content (AvgIpc) is 2.82. The third kappa shape index (κ3) is 3.59. The summed E-state index contributed by atoms with van der Waals surface area (Å²) in [6.45, 7) is 2.57. The highest BCUT2D eigenvalue weighted by Crippen LogP contribution is 2.17. The fraction of sp³-hybridized carbons (Fsp3) is 0.400. The van der Waals surface area contributed by atoms with Gasteiger partial charge in [-0.2, -0.15) is 5.10 Å².